The number of aromatic nitrogens is 1. The third kappa shape index (κ3) is 5.16. The lowest BCUT2D eigenvalue weighted by atomic mass is 9.97. The van der Waals surface area contributed by atoms with Gasteiger partial charge in [0, 0.05) is 23.4 Å². The van der Waals surface area contributed by atoms with E-state index >= 15 is 0 Å². The number of esters is 1. The molecule has 31 heavy (non-hydrogen) atoms. The highest BCUT2D eigenvalue weighted by Gasteiger charge is 2.26. The van der Waals surface area contributed by atoms with E-state index in [4.69, 9.17) is 14.2 Å². The van der Waals surface area contributed by atoms with Crippen molar-refractivity contribution in [3.05, 3.63) is 41.7 Å². The fourth-order valence-electron chi connectivity index (χ4n) is 3.18. The van der Waals surface area contributed by atoms with Gasteiger partial charge in [-0.3, -0.25) is 9.78 Å². The quantitative estimate of drug-likeness (QED) is 0.662. The molecule has 0 unspecified atom stereocenters. The van der Waals surface area contributed by atoms with Crippen molar-refractivity contribution in [1.29, 1.82) is 0 Å². The number of hydrogen-bond donors (Lipinski definition) is 0. The second-order valence-corrected chi connectivity index (χ2v) is 7.94. The Balaban J connectivity index is 2.19. The Kier molecular flexibility index (Phi) is 6.54. The molecule has 0 atom stereocenters. The summed E-state index contributed by atoms with van der Waals surface area (Å²) in [7, 11) is 1.38. The minimum absolute atomic E-state index is 0.0583. The SMILES string of the molecule is COc1cnc(C(F)F)cc1-c1cc(N2CCOCC2=O)ccc1C(=O)OC(C)(C)C. The monoisotopic (exact) mass is 434 g/mol. The lowest BCUT2D eigenvalue weighted by molar-refractivity contribution is -0.125. The molecular formula is C22H24F2N2O5. The summed E-state index contributed by atoms with van der Waals surface area (Å²) in [6.07, 6.45) is -1.62. The zero-order valence-electron chi connectivity index (χ0n) is 17.8. The lowest BCUT2D eigenvalue weighted by Crippen LogP contribution is -2.41. The predicted octanol–water partition coefficient (Wildman–Crippen LogP) is 4.01. The van der Waals surface area contributed by atoms with Crippen LogP contribution in [0.25, 0.3) is 11.1 Å². The Bertz CT molecular complexity index is 988. The molecule has 0 bridgehead atoms. The van der Waals surface area contributed by atoms with Gasteiger partial charge in [-0.25, -0.2) is 13.6 Å². The van der Waals surface area contributed by atoms with Crippen LogP contribution in [0.15, 0.2) is 30.5 Å². The van der Waals surface area contributed by atoms with Crippen LogP contribution in [0.5, 0.6) is 5.75 Å². The van der Waals surface area contributed by atoms with E-state index in [0.29, 0.717) is 24.4 Å². The molecule has 0 spiro atoms. The van der Waals surface area contributed by atoms with E-state index in [1.807, 2.05) is 0 Å². The number of amides is 1. The molecule has 0 saturated carbocycles. The van der Waals surface area contributed by atoms with Gasteiger partial charge in [0.05, 0.1) is 25.5 Å². The van der Waals surface area contributed by atoms with Gasteiger partial charge in [-0.2, -0.15) is 0 Å². The molecule has 1 aromatic carbocycles. The summed E-state index contributed by atoms with van der Waals surface area (Å²) in [5.74, 6) is -0.656. The van der Waals surface area contributed by atoms with Crippen LogP contribution in [0, 0.1) is 0 Å². The Labute approximate surface area is 178 Å². The van der Waals surface area contributed by atoms with Crippen molar-refractivity contribution >= 4 is 17.6 Å². The number of morpholine rings is 1. The van der Waals surface area contributed by atoms with E-state index in [1.54, 1.807) is 32.9 Å². The van der Waals surface area contributed by atoms with E-state index in [0.717, 1.165) is 0 Å². The molecule has 1 amide bonds. The molecule has 7 nitrogen and oxygen atoms in total. The molecule has 3 rings (SSSR count). The highest BCUT2D eigenvalue weighted by Crippen LogP contribution is 2.37. The molecule has 9 heteroatoms. The summed E-state index contributed by atoms with van der Waals surface area (Å²) in [5.41, 5.74) is -0.0108. The van der Waals surface area contributed by atoms with E-state index in [-0.39, 0.29) is 29.4 Å². The van der Waals surface area contributed by atoms with Crippen LogP contribution >= 0.6 is 0 Å². The second-order valence-electron chi connectivity index (χ2n) is 7.94. The maximum absolute atomic E-state index is 13.3. The molecule has 1 aromatic heterocycles. The first kappa shape index (κ1) is 22.6. The van der Waals surface area contributed by atoms with Crippen molar-refractivity contribution in [1.82, 2.24) is 4.98 Å². The standard InChI is InChI=1S/C22H24F2N2O5/c1-22(2,3)31-21(28)14-6-5-13(26-7-8-30-12-19(26)27)9-15(14)16-10-17(20(23)24)25-11-18(16)29-4/h5-6,9-11,20H,7-8,12H2,1-4H3. The van der Waals surface area contributed by atoms with Crippen LogP contribution in [0.4, 0.5) is 14.5 Å². The van der Waals surface area contributed by atoms with Gasteiger partial charge < -0.3 is 19.1 Å². The van der Waals surface area contributed by atoms with Crippen molar-refractivity contribution in [2.45, 2.75) is 32.8 Å². The molecule has 2 heterocycles. The molecule has 0 radical (unpaired) electrons. The summed E-state index contributed by atoms with van der Waals surface area (Å²) in [6.45, 7) is 5.83. The van der Waals surface area contributed by atoms with E-state index < -0.39 is 23.7 Å². The summed E-state index contributed by atoms with van der Waals surface area (Å²) >= 11 is 0. The number of carbonyl (C=O) groups is 2. The zero-order valence-corrected chi connectivity index (χ0v) is 17.8. The summed E-state index contributed by atoms with van der Waals surface area (Å²) in [5, 5.41) is 0. The number of halogens is 2. The van der Waals surface area contributed by atoms with Crippen molar-refractivity contribution < 1.29 is 32.6 Å². The lowest BCUT2D eigenvalue weighted by Gasteiger charge is -2.28. The molecule has 1 saturated heterocycles. The van der Waals surface area contributed by atoms with Gasteiger partial charge in [-0.1, -0.05) is 0 Å². The summed E-state index contributed by atoms with van der Waals surface area (Å²) in [4.78, 5) is 30.4. The number of nitrogens with zero attached hydrogens (tertiary/aromatic N) is 2. The van der Waals surface area contributed by atoms with Crippen molar-refractivity contribution in [2.75, 3.05) is 31.8 Å². The fraction of sp³-hybridized carbons (Fsp3) is 0.409. The molecule has 0 aliphatic carbocycles. The molecule has 166 valence electrons. The number of methoxy groups -OCH3 is 1. The van der Waals surface area contributed by atoms with Crippen LogP contribution in [0.3, 0.4) is 0 Å². The van der Waals surface area contributed by atoms with Gasteiger partial charge in [0.1, 0.15) is 23.7 Å². The van der Waals surface area contributed by atoms with Gasteiger partial charge >= 0.3 is 5.97 Å². The number of benzene rings is 1. The van der Waals surface area contributed by atoms with Gasteiger partial charge in [0.15, 0.2) is 0 Å². The van der Waals surface area contributed by atoms with Gasteiger partial charge in [-0.05, 0) is 45.0 Å². The Morgan fingerprint density at radius 3 is 2.58 bits per heavy atom. The topological polar surface area (TPSA) is 78.0 Å². The molecule has 1 aliphatic heterocycles. The Morgan fingerprint density at radius 2 is 1.97 bits per heavy atom. The van der Waals surface area contributed by atoms with Crippen LogP contribution in [0.2, 0.25) is 0 Å². The van der Waals surface area contributed by atoms with Crippen LogP contribution in [-0.4, -0.2) is 49.3 Å². The number of carbonyl (C=O) groups excluding carboxylic acids is 2. The average Bonchev–Trinajstić information content (AvgIpc) is 2.72. The van der Waals surface area contributed by atoms with Gasteiger partial charge in [-0.15, -0.1) is 0 Å². The van der Waals surface area contributed by atoms with Crippen LogP contribution in [-0.2, 0) is 14.3 Å². The first-order chi connectivity index (χ1) is 14.6. The molecule has 1 aliphatic rings. The number of rotatable bonds is 5. The van der Waals surface area contributed by atoms with Gasteiger partial charge in [0.2, 0.25) is 0 Å². The van der Waals surface area contributed by atoms with E-state index in [1.165, 1.54) is 30.3 Å². The number of ether oxygens (including phenoxy) is 3. The highest BCUT2D eigenvalue weighted by atomic mass is 19.3. The predicted molar refractivity (Wildman–Crippen MR) is 110 cm³/mol. The first-order valence-corrected chi connectivity index (χ1v) is 9.68. The third-order valence-corrected chi connectivity index (χ3v) is 4.54. The van der Waals surface area contributed by atoms with Crippen LogP contribution in [0.1, 0.15) is 43.2 Å². The molecule has 2 aromatic rings. The summed E-state index contributed by atoms with van der Waals surface area (Å²) in [6, 6.07) is 5.91. The van der Waals surface area contributed by atoms with Crippen molar-refractivity contribution in [3.8, 4) is 16.9 Å². The normalized spacial score (nSPS) is 14.7. The second kappa shape index (κ2) is 8.97. The Morgan fingerprint density at radius 1 is 1.23 bits per heavy atom. The minimum Gasteiger partial charge on any atom is -0.494 e. The van der Waals surface area contributed by atoms with E-state index in [2.05, 4.69) is 4.98 Å². The summed E-state index contributed by atoms with van der Waals surface area (Å²) < 4.78 is 42.7. The number of pyridine rings is 1. The van der Waals surface area contributed by atoms with Gasteiger partial charge in [0.25, 0.3) is 12.3 Å². The number of hydrogen-bond acceptors (Lipinski definition) is 6. The maximum Gasteiger partial charge on any atom is 0.339 e. The largest absolute Gasteiger partial charge is 0.494 e. The average molecular weight is 434 g/mol. The number of alkyl halides is 2. The molecule has 1 fully saturated rings. The third-order valence-electron chi connectivity index (χ3n) is 4.54. The van der Waals surface area contributed by atoms with E-state index in [9.17, 15) is 18.4 Å². The molecular weight excluding hydrogens is 410 g/mol. The smallest absolute Gasteiger partial charge is 0.339 e. The van der Waals surface area contributed by atoms with Crippen molar-refractivity contribution in [2.24, 2.45) is 0 Å². The zero-order chi connectivity index (χ0) is 22.8. The number of anilines is 1. The van der Waals surface area contributed by atoms with Crippen molar-refractivity contribution in [3.63, 3.8) is 0 Å². The highest BCUT2D eigenvalue weighted by molar-refractivity contribution is 6.01. The van der Waals surface area contributed by atoms with Crippen LogP contribution < -0.4 is 9.64 Å². The minimum atomic E-state index is -2.81. The molecule has 0 N–H and O–H groups in total. The first-order valence-electron chi connectivity index (χ1n) is 9.68. The maximum atomic E-state index is 13.3. The fourth-order valence-corrected chi connectivity index (χ4v) is 3.18. The Hall–Kier alpha value is -3.07.